The van der Waals surface area contributed by atoms with Gasteiger partial charge in [-0.3, -0.25) is 9.59 Å². The number of hydrogen-bond donors (Lipinski definition) is 1. The first-order valence-corrected chi connectivity index (χ1v) is 6.66. The monoisotopic (exact) mass is 260 g/mol. The van der Waals surface area contributed by atoms with E-state index in [9.17, 15) is 9.59 Å². The Hall–Kier alpha value is -1.84. The molecule has 0 bridgehead atoms. The summed E-state index contributed by atoms with van der Waals surface area (Å²) in [6.07, 6.45) is 0.837. The molecule has 2 amide bonds. The van der Waals surface area contributed by atoms with Gasteiger partial charge >= 0.3 is 0 Å². The Kier molecular flexibility index (Phi) is 3.60. The van der Waals surface area contributed by atoms with Crippen LogP contribution in [0.2, 0.25) is 0 Å². The van der Waals surface area contributed by atoms with Crippen LogP contribution >= 0.6 is 0 Å². The summed E-state index contributed by atoms with van der Waals surface area (Å²) in [6, 6.07) is 8.81. The molecular weight excluding hydrogens is 240 g/mol. The van der Waals surface area contributed by atoms with E-state index in [-0.39, 0.29) is 11.8 Å². The average Bonchev–Trinajstić information content (AvgIpc) is 2.40. The van der Waals surface area contributed by atoms with Crippen molar-refractivity contribution in [3.8, 4) is 0 Å². The van der Waals surface area contributed by atoms with Gasteiger partial charge < -0.3 is 10.2 Å². The summed E-state index contributed by atoms with van der Waals surface area (Å²) in [5.74, 6) is -0.132. The van der Waals surface area contributed by atoms with Crippen molar-refractivity contribution in [2.24, 2.45) is 0 Å². The maximum Gasteiger partial charge on any atom is 0.250 e. The maximum atomic E-state index is 12.6. The molecule has 4 nitrogen and oxygen atoms in total. The highest BCUT2D eigenvalue weighted by atomic mass is 16.2. The molecule has 0 aliphatic carbocycles. The molecule has 0 saturated carbocycles. The normalized spacial score (nSPS) is 22.3. The van der Waals surface area contributed by atoms with Crippen LogP contribution in [0, 0.1) is 0 Å². The third-order valence-corrected chi connectivity index (χ3v) is 3.60. The number of amides is 2. The van der Waals surface area contributed by atoms with E-state index in [1.807, 2.05) is 37.3 Å². The van der Waals surface area contributed by atoms with E-state index in [4.69, 9.17) is 0 Å². The number of hydrogen-bond acceptors (Lipinski definition) is 2. The van der Waals surface area contributed by atoms with Crippen LogP contribution in [-0.4, -0.2) is 28.8 Å². The zero-order valence-corrected chi connectivity index (χ0v) is 11.6. The molecule has 1 unspecified atom stereocenters. The van der Waals surface area contributed by atoms with Gasteiger partial charge in [0, 0.05) is 6.54 Å². The van der Waals surface area contributed by atoms with Crippen LogP contribution in [0.15, 0.2) is 30.3 Å². The molecule has 1 aromatic carbocycles. The Morgan fingerprint density at radius 3 is 2.42 bits per heavy atom. The van der Waals surface area contributed by atoms with Gasteiger partial charge in [0.05, 0.1) is 0 Å². The highest BCUT2D eigenvalue weighted by molar-refractivity contribution is 5.99. The van der Waals surface area contributed by atoms with Gasteiger partial charge in [-0.15, -0.1) is 0 Å². The van der Waals surface area contributed by atoms with Gasteiger partial charge in [-0.1, -0.05) is 37.3 Å². The molecule has 1 aliphatic heterocycles. The van der Waals surface area contributed by atoms with Gasteiger partial charge in [-0.2, -0.15) is 0 Å². The summed E-state index contributed by atoms with van der Waals surface area (Å²) in [5, 5.41) is 2.83. The van der Waals surface area contributed by atoms with Crippen LogP contribution in [0.4, 0.5) is 0 Å². The van der Waals surface area contributed by atoms with Crippen molar-refractivity contribution < 1.29 is 9.59 Å². The number of carbonyl (C=O) groups excluding carboxylic acids is 2. The van der Waals surface area contributed by atoms with Crippen LogP contribution in [-0.2, 0) is 9.59 Å². The Bertz CT molecular complexity index is 482. The van der Waals surface area contributed by atoms with Crippen molar-refractivity contribution in [1.29, 1.82) is 0 Å². The lowest BCUT2D eigenvalue weighted by Gasteiger charge is -2.44. The molecule has 1 atom stereocenters. The van der Waals surface area contributed by atoms with E-state index in [1.54, 1.807) is 18.7 Å². The van der Waals surface area contributed by atoms with Gasteiger partial charge in [0.15, 0.2) is 0 Å². The van der Waals surface area contributed by atoms with Crippen molar-refractivity contribution in [3.63, 3.8) is 0 Å². The predicted octanol–water partition coefficient (Wildman–Crippen LogP) is 1.87. The Labute approximate surface area is 113 Å². The van der Waals surface area contributed by atoms with Gasteiger partial charge in [0.1, 0.15) is 11.6 Å². The lowest BCUT2D eigenvalue weighted by molar-refractivity contribution is -0.155. The molecule has 2 rings (SSSR count). The number of nitrogens with one attached hydrogen (secondary N) is 1. The number of carbonyl (C=O) groups is 2. The average molecular weight is 260 g/mol. The third kappa shape index (κ3) is 2.35. The Morgan fingerprint density at radius 2 is 1.84 bits per heavy atom. The van der Waals surface area contributed by atoms with Crippen molar-refractivity contribution in [1.82, 2.24) is 10.2 Å². The van der Waals surface area contributed by atoms with E-state index < -0.39 is 11.6 Å². The highest BCUT2D eigenvalue weighted by Gasteiger charge is 2.46. The molecule has 19 heavy (non-hydrogen) atoms. The van der Waals surface area contributed by atoms with Crippen LogP contribution in [0.5, 0.6) is 0 Å². The first-order chi connectivity index (χ1) is 8.98. The fourth-order valence-electron chi connectivity index (χ4n) is 2.41. The lowest BCUT2D eigenvalue weighted by atomic mass is 9.92. The molecule has 1 N–H and O–H groups in total. The molecular formula is C15H20N2O2. The molecule has 1 aromatic rings. The van der Waals surface area contributed by atoms with E-state index in [2.05, 4.69) is 5.32 Å². The highest BCUT2D eigenvalue weighted by Crippen LogP contribution is 2.28. The maximum absolute atomic E-state index is 12.6. The molecule has 4 heteroatoms. The summed E-state index contributed by atoms with van der Waals surface area (Å²) in [5.41, 5.74) is 0.0516. The van der Waals surface area contributed by atoms with E-state index in [0.717, 1.165) is 12.0 Å². The van der Waals surface area contributed by atoms with Gasteiger partial charge in [-0.05, 0) is 25.8 Å². The second-order valence-corrected chi connectivity index (χ2v) is 5.37. The SMILES string of the molecule is CCCN1C(=O)C(c2ccccc2)NC(=O)C1(C)C. The molecule has 0 radical (unpaired) electrons. The number of piperazine rings is 1. The number of rotatable bonds is 3. The molecule has 0 aromatic heterocycles. The number of nitrogens with zero attached hydrogens (tertiary/aromatic N) is 1. The van der Waals surface area contributed by atoms with E-state index in [0.29, 0.717) is 6.54 Å². The quantitative estimate of drug-likeness (QED) is 0.902. The fourth-order valence-corrected chi connectivity index (χ4v) is 2.41. The van der Waals surface area contributed by atoms with Crippen LogP contribution in [0.1, 0.15) is 38.8 Å². The van der Waals surface area contributed by atoms with E-state index >= 15 is 0 Å². The van der Waals surface area contributed by atoms with Gasteiger partial charge in [0.2, 0.25) is 5.91 Å². The van der Waals surface area contributed by atoms with Crippen LogP contribution < -0.4 is 5.32 Å². The van der Waals surface area contributed by atoms with E-state index in [1.165, 1.54) is 0 Å². The second-order valence-electron chi connectivity index (χ2n) is 5.37. The molecule has 1 aliphatic rings. The summed E-state index contributed by atoms with van der Waals surface area (Å²) < 4.78 is 0. The molecule has 1 saturated heterocycles. The molecule has 1 fully saturated rings. The van der Waals surface area contributed by atoms with Crippen LogP contribution in [0.3, 0.4) is 0 Å². The van der Waals surface area contributed by atoms with Crippen LogP contribution in [0.25, 0.3) is 0 Å². The lowest BCUT2D eigenvalue weighted by Crippen LogP contribution is -2.65. The first-order valence-electron chi connectivity index (χ1n) is 6.66. The first kappa shape index (κ1) is 13.6. The van der Waals surface area contributed by atoms with Gasteiger partial charge in [-0.25, -0.2) is 0 Å². The number of benzene rings is 1. The minimum atomic E-state index is -0.779. The minimum absolute atomic E-state index is 0.0300. The topological polar surface area (TPSA) is 49.4 Å². The van der Waals surface area contributed by atoms with Gasteiger partial charge in [0.25, 0.3) is 5.91 Å². The van der Waals surface area contributed by atoms with Crippen molar-refractivity contribution in [2.75, 3.05) is 6.54 Å². The summed E-state index contributed by atoms with van der Waals surface area (Å²) >= 11 is 0. The van der Waals surface area contributed by atoms with Crippen molar-refractivity contribution in [2.45, 2.75) is 38.8 Å². The second kappa shape index (κ2) is 5.03. The molecule has 1 heterocycles. The Balaban J connectivity index is 2.34. The van der Waals surface area contributed by atoms with Crippen molar-refractivity contribution in [3.05, 3.63) is 35.9 Å². The summed E-state index contributed by atoms with van der Waals surface area (Å²) in [7, 11) is 0. The van der Waals surface area contributed by atoms with Crippen molar-refractivity contribution >= 4 is 11.8 Å². The standard InChI is InChI=1S/C15H20N2O2/c1-4-10-17-13(18)12(11-8-6-5-7-9-11)16-14(19)15(17,2)3/h5-9,12H,4,10H2,1-3H3,(H,16,19). The smallest absolute Gasteiger partial charge is 0.250 e. The zero-order valence-electron chi connectivity index (χ0n) is 11.6. The summed E-state index contributed by atoms with van der Waals surface area (Å²) in [4.78, 5) is 26.5. The summed E-state index contributed by atoms with van der Waals surface area (Å²) in [6.45, 7) is 6.18. The third-order valence-electron chi connectivity index (χ3n) is 3.60. The molecule has 0 spiro atoms. The zero-order chi connectivity index (χ0) is 14.0. The fraction of sp³-hybridized carbons (Fsp3) is 0.467. The Morgan fingerprint density at radius 1 is 1.21 bits per heavy atom. The predicted molar refractivity (Wildman–Crippen MR) is 73.4 cm³/mol. The minimum Gasteiger partial charge on any atom is -0.338 e. The molecule has 102 valence electrons. The largest absolute Gasteiger partial charge is 0.338 e.